The number of hydrogen-bond acceptors (Lipinski definition) is 11. The highest BCUT2D eigenvalue weighted by Gasteiger charge is 2.54. The molecular formula is C37H43FN4O11. The fourth-order valence-electron chi connectivity index (χ4n) is 8.00. The predicted molar refractivity (Wildman–Crippen MR) is 186 cm³/mol. The molecule has 4 atom stereocenters. The number of carbonyl (C=O) groups is 3. The Kier molecular flexibility index (Phi) is 10.2. The van der Waals surface area contributed by atoms with Gasteiger partial charge in [-0.3, -0.25) is 28.7 Å². The van der Waals surface area contributed by atoms with Crippen LogP contribution in [0.5, 0.6) is 28.7 Å². The molecule has 2 aromatic carbocycles. The molecule has 0 radical (unpaired) electrons. The summed E-state index contributed by atoms with van der Waals surface area (Å²) < 4.78 is 42.9. The number of carbonyl (C=O) groups excluding carboxylic acids is 3. The molecule has 3 aromatic rings. The first kappa shape index (κ1) is 37.2. The fourth-order valence-corrected chi connectivity index (χ4v) is 8.00. The number of aromatic hydroxyl groups is 1. The van der Waals surface area contributed by atoms with Crippen LogP contribution in [0.2, 0.25) is 0 Å². The molecule has 2 aliphatic heterocycles. The first-order valence-electron chi connectivity index (χ1n) is 17.3. The zero-order valence-electron chi connectivity index (χ0n) is 30.2. The second-order valence-electron chi connectivity index (χ2n) is 14.5. The molecule has 2 amide bonds. The molecule has 284 valence electrons. The zero-order chi connectivity index (χ0) is 38.4. The third kappa shape index (κ3) is 7.01. The highest BCUT2D eigenvalue weighted by atomic mass is 19.1. The van der Waals surface area contributed by atoms with Gasteiger partial charge in [0, 0.05) is 11.8 Å². The van der Waals surface area contributed by atoms with Gasteiger partial charge >= 0.3 is 11.7 Å². The third-order valence-electron chi connectivity index (χ3n) is 9.94. The average Bonchev–Trinajstić information content (AvgIpc) is 3.71. The van der Waals surface area contributed by atoms with Crippen molar-refractivity contribution in [3.63, 3.8) is 0 Å². The van der Waals surface area contributed by atoms with Crippen molar-refractivity contribution in [3.8, 4) is 28.7 Å². The number of benzene rings is 2. The molecule has 1 saturated heterocycles. The third-order valence-corrected chi connectivity index (χ3v) is 9.94. The summed E-state index contributed by atoms with van der Waals surface area (Å²) in [7, 11) is 2.81. The zero-order valence-corrected chi connectivity index (χ0v) is 30.2. The number of nitrogens with zero attached hydrogens (tertiary/aromatic N) is 1. The lowest BCUT2D eigenvalue weighted by Gasteiger charge is -2.42. The molecule has 15 nitrogen and oxygen atoms in total. The van der Waals surface area contributed by atoms with E-state index in [9.17, 15) is 33.5 Å². The number of esters is 1. The number of halogens is 1. The predicted octanol–water partition coefficient (Wildman–Crippen LogP) is 2.87. The number of nitrogens with one attached hydrogen (secondary N) is 3. The number of cyclic esters (lactones) is 1. The summed E-state index contributed by atoms with van der Waals surface area (Å²) >= 11 is 0. The van der Waals surface area contributed by atoms with Crippen molar-refractivity contribution >= 4 is 17.8 Å². The van der Waals surface area contributed by atoms with Gasteiger partial charge in [-0.15, -0.1) is 0 Å². The minimum Gasteiger partial charge on any atom is -0.502 e. The lowest BCUT2D eigenvalue weighted by atomic mass is 9.65. The Labute approximate surface area is 303 Å². The van der Waals surface area contributed by atoms with E-state index < -0.39 is 70.7 Å². The number of hydrogen-bond donors (Lipinski definition) is 4. The highest BCUT2D eigenvalue weighted by Crippen LogP contribution is 2.55. The SMILES string of the molecule is COc1cc([C@@H]2c3cc4c(cc3[C@@H](NC(=O)C(CC(C)C)(CC(C)C)NC(=O)Cn3cc(F)c(=O)[nH]c3=O)[C@H]3COC(=O)[C@H]23)OCO4)cc(OC)c1O. The highest BCUT2D eigenvalue weighted by molar-refractivity contribution is 5.92. The van der Waals surface area contributed by atoms with E-state index in [1.165, 1.54) is 14.2 Å². The number of fused-ring (bicyclic) bond motifs is 3. The molecule has 0 saturated carbocycles. The Hall–Kier alpha value is -5.54. The molecule has 1 aliphatic carbocycles. The van der Waals surface area contributed by atoms with E-state index >= 15 is 0 Å². The Morgan fingerprint density at radius 1 is 0.981 bits per heavy atom. The van der Waals surface area contributed by atoms with Crippen LogP contribution in [0.4, 0.5) is 4.39 Å². The first-order chi connectivity index (χ1) is 25.2. The molecule has 3 heterocycles. The van der Waals surface area contributed by atoms with Gasteiger partial charge in [0.05, 0.1) is 39.0 Å². The van der Waals surface area contributed by atoms with Crippen molar-refractivity contribution in [2.45, 2.75) is 64.6 Å². The number of methoxy groups -OCH3 is 2. The maximum Gasteiger partial charge on any atom is 0.328 e. The molecule has 0 bridgehead atoms. The Morgan fingerprint density at radius 3 is 2.17 bits per heavy atom. The van der Waals surface area contributed by atoms with E-state index in [0.717, 1.165) is 4.57 Å². The molecule has 53 heavy (non-hydrogen) atoms. The minimum atomic E-state index is -1.52. The molecule has 3 aliphatic rings. The summed E-state index contributed by atoms with van der Waals surface area (Å²) in [6.45, 7) is 6.87. The van der Waals surface area contributed by atoms with Crippen molar-refractivity contribution < 1.29 is 47.6 Å². The lowest BCUT2D eigenvalue weighted by molar-refractivity contribution is -0.141. The number of amides is 2. The summed E-state index contributed by atoms with van der Waals surface area (Å²) in [4.78, 5) is 68.0. The summed E-state index contributed by atoms with van der Waals surface area (Å²) in [6.07, 6.45) is 1.03. The van der Waals surface area contributed by atoms with Crippen molar-refractivity contribution in [3.05, 3.63) is 73.8 Å². The van der Waals surface area contributed by atoms with Crippen LogP contribution in [-0.4, -0.2) is 65.6 Å². The van der Waals surface area contributed by atoms with Gasteiger partial charge in [-0.2, -0.15) is 4.39 Å². The van der Waals surface area contributed by atoms with Gasteiger partial charge in [0.25, 0.3) is 5.56 Å². The van der Waals surface area contributed by atoms with Gasteiger partial charge in [-0.1, -0.05) is 27.7 Å². The molecule has 1 aromatic heterocycles. The summed E-state index contributed by atoms with van der Waals surface area (Å²) in [5.74, 6) is -4.34. The average molecular weight is 739 g/mol. The van der Waals surface area contributed by atoms with Gasteiger partial charge < -0.3 is 39.4 Å². The van der Waals surface area contributed by atoms with Crippen LogP contribution < -0.4 is 40.8 Å². The van der Waals surface area contributed by atoms with E-state index in [-0.39, 0.29) is 55.3 Å². The van der Waals surface area contributed by atoms with Gasteiger partial charge in [0.2, 0.25) is 30.2 Å². The summed E-state index contributed by atoms with van der Waals surface area (Å²) in [6, 6.07) is 5.99. The normalized spacial score (nSPS) is 20.1. The largest absolute Gasteiger partial charge is 0.502 e. The van der Waals surface area contributed by atoms with Crippen LogP contribution in [0.25, 0.3) is 0 Å². The molecule has 6 rings (SSSR count). The number of phenolic OH excluding ortho intramolecular Hbond substituents is 1. The second-order valence-corrected chi connectivity index (χ2v) is 14.5. The van der Waals surface area contributed by atoms with Crippen LogP contribution in [0.3, 0.4) is 0 Å². The molecular weight excluding hydrogens is 695 g/mol. The molecule has 4 N–H and O–H groups in total. The molecule has 16 heteroatoms. The van der Waals surface area contributed by atoms with Crippen LogP contribution >= 0.6 is 0 Å². The first-order valence-corrected chi connectivity index (χ1v) is 17.3. The van der Waals surface area contributed by atoms with E-state index in [1.54, 1.807) is 24.3 Å². The van der Waals surface area contributed by atoms with Crippen LogP contribution in [0, 0.1) is 29.5 Å². The molecule has 1 fully saturated rings. The molecule has 0 spiro atoms. The maximum atomic E-state index is 14.9. The maximum absolute atomic E-state index is 14.9. The van der Waals surface area contributed by atoms with Crippen LogP contribution in [0.15, 0.2) is 40.1 Å². The van der Waals surface area contributed by atoms with Crippen LogP contribution in [-0.2, 0) is 25.7 Å². The van der Waals surface area contributed by atoms with Gasteiger partial charge in [-0.05, 0) is 65.6 Å². The number of phenols is 1. The van der Waals surface area contributed by atoms with Gasteiger partial charge in [0.1, 0.15) is 12.1 Å². The fraction of sp³-hybridized carbons (Fsp3) is 0.486. The topological polar surface area (TPSA) is 197 Å². The Morgan fingerprint density at radius 2 is 1.58 bits per heavy atom. The van der Waals surface area contributed by atoms with Gasteiger partial charge in [0.15, 0.2) is 23.0 Å². The van der Waals surface area contributed by atoms with Crippen molar-refractivity contribution in [2.75, 3.05) is 27.6 Å². The van der Waals surface area contributed by atoms with Crippen molar-refractivity contribution in [1.29, 1.82) is 0 Å². The molecule has 0 unspecified atom stereocenters. The number of aromatic nitrogens is 2. The number of H-pyrrole nitrogens is 1. The quantitative estimate of drug-likeness (QED) is 0.200. The second kappa shape index (κ2) is 14.5. The van der Waals surface area contributed by atoms with E-state index in [4.69, 9.17) is 23.7 Å². The van der Waals surface area contributed by atoms with E-state index in [2.05, 4.69) is 10.6 Å². The standard InChI is InChI=1S/C37H43FN4O11/c1-17(2)11-37(12-18(3)4,41-28(43)14-42-13-23(38)33(45)40-36(42)48)35(47)39-31-21-10-25-24(52-16-53-25)9-20(21)29(30-22(31)15-51-34(30)46)19-7-26(49-5)32(44)27(8-19)50-6/h7-10,13,17-18,22,29-31,44H,11-12,14-16H2,1-6H3,(H,39,47)(H,41,43)(H,40,45,48)/t22-,29+,30-,31+/m0/s1. The number of aromatic amines is 1. The van der Waals surface area contributed by atoms with Gasteiger partial charge in [-0.25, -0.2) is 4.79 Å². The Bertz CT molecular complexity index is 2020. The summed E-state index contributed by atoms with van der Waals surface area (Å²) in [5.41, 5.74) is -1.87. The number of ether oxygens (including phenoxy) is 5. The van der Waals surface area contributed by atoms with Crippen molar-refractivity contribution in [1.82, 2.24) is 20.2 Å². The summed E-state index contributed by atoms with van der Waals surface area (Å²) in [5, 5.41) is 16.8. The number of rotatable bonds is 12. The van der Waals surface area contributed by atoms with Crippen LogP contribution in [0.1, 0.15) is 69.2 Å². The monoisotopic (exact) mass is 738 g/mol. The minimum absolute atomic E-state index is 0.0282. The smallest absolute Gasteiger partial charge is 0.328 e. The van der Waals surface area contributed by atoms with Crippen molar-refractivity contribution in [2.24, 2.45) is 23.7 Å². The van der Waals surface area contributed by atoms with E-state index in [0.29, 0.717) is 34.4 Å². The Balaban J connectivity index is 1.44. The lowest BCUT2D eigenvalue weighted by Crippen LogP contribution is -2.62. The van der Waals surface area contributed by atoms with E-state index in [1.807, 2.05) is 32.7 Å².